The minimum atomic E-state index is -1.26. The molecule has 4 nitrogen and oxygen atoms in total. The monoisotopic (exact) mass is 271 g/mol. The van der Waals surface area contributed by atoms with Gasteiger partial charge in [0.1, 0.15) is 0 Å². The molecule has 0 radical (unpaired) electrons. The molecule has 0 aliphatic heterocycles. The lowest BCUT2D eigenvalue weighted by molar-refractivity contribution is 0.0942. The zero-order valence-corrected chi connectivity index (χ0v) is 11.4. The summed E-state index contributed by atoms with van der Waals surface area (Å²) in [6, 6.07) is 1.57. The van der Waals surface area contributed by atoms with E-state index in [4.69, 9.17) is 0 Å². The van der Waals surface area contributed by atoms with Gasteiger partial charge in [-0.15, -0.1) is 0 Å². The van der Waals surface area contributed by atoms with Crippen LogP contribution in [0.4, 0.5) is 8.78 Å². The molecule has 1 N–H and O–H groups in total. The maximum atomic E-state index is 13.3. The van der Waals surface area contributed by atoms with Crippen molar-refractivity contribution in [2.45, 2.75) is 26.3 Å². The van der Waals surface area contributed by atoms with Gasteiger partial charge >= 0.3 is 0 Å². The van der Waals surface area contributed by atoms with Gasteiger partial charge in [0.25, 0.3) is 5.91 Å². The fraction of sp³-hybridized carbons (Fsp3) is 0.538. The maximum Gasteiger partial charge on any atom is 0.254 e. The molecular formula is C13H19F2N3O. The third-order valence-corrected chi connectivity index (χ3v) is 3.18. The highest BCUT2D eigenvalue weighted by atomic mass is 19.2. The Labute approximate surface area is 111 Å². The van der Waals surface area contributed by atoms with Crippen molar-refractivity contribution in [3.8, 4) is 0 Å². The van der Waals surface area contributed by atoms with Gasteiger partial charge in [-0.3, -0.25) is 4.79 Å². The average Bonchev–Trinajstić information content (AvgIpc) is 2.40. The Morgan fingerprint density at radius 3 is 2.84 bits per heavy atom. The molecular weight excluding hydrogens is 252 g/mol. The molecule has 0 spiro atoms. The highest BCUT2D eigenvalue weighted by Crippen LogP contribution is 2.08. The summed E-state index contributed by atoms with van der Waals surface area (Å²) in [5.74, 6) is -3.10. The molecule has 0 fully saturated rings. The Morgan fingerprint density at radius 2 is 2.21 bits per heavy atom. The van der Waals surface area contributed by atoms with Crippen molar-refractivity contribution in [1.29, 1.82) is 0 Å². The largest absolute Gasteiger partial charge is 0.351 e. The molecule has 1 amide bonds. The zero-order valence-electron chi connectivity index (χ0n) is 11.4. The number of rotatable bonds is 6. The predicted molar refractivity (Wildman–Crippen MR) is 68.9 cm³/mol. The average molecular weight is 271 g/mol. The van der Waals surface area contributed by atoms with Crippen LogP contribution in [0.2, 0.25) is 0 Å². The van der Waals surface area contributed by atoms with Crippen LogP contribution in [0, 0.1) is 11.8 Å². The smallest absolute Gasteiger partial charge is 0.254 e. The lowest BCUT2D eigenvalue weighted by atomic mass is 10.2. The first-order valence-electron chi connectivity index (χ1n) is 6.25. The quantitative estimate of drug-likeness (QED) is 0.803. The van der Waals surface area contributed by atoms with Crippen molar-refractivity contribution in [3.05, 3.63) is 29.6 Å². The van der Waals surface area contributed by atoms with Crippen molar-refractivity contribution in [2.24, 2.45) is 0 Å². The Hall–Kier alpha value is -1.56. The molecule has 0 saturated carbocycles. The second kappa shape index (κ2) is 7.13. The van der Waals surface area contributed by atoms with Gasteiger partial charge < -0.3 is 10.2 Å². The molecule has 0 bridgehead atoms. The number of hydrogen-bond donors (Lipinski definition) is 1. The molecule has 0 aliphatic carbocycles. The van der Waals surface area contributed by atoms with Crippen LogP contribution in [0.1, 0.15) is 30.6 Å². The van der Waals surface area contributed by atoms with E-state index in [0.29, 0.717) is 19.1 Å². The molecule has 0 aromatic carbocycles. The minimum Gasteiger partial charge on any atom is -0.351 e. The summed E-state index contributed by atoms with van der Waals surface area (Å²) in [7, 11) is 1.95. The first kappa shape index (κ1) is 15.5. The van der Waals surface area contributed by atoms with Crippen molar-refractivity contribution >= 4 is 5.91 Å². The normalized spacial score (nSPS) is 12.5. The lowest BCUT2D eigenvalue weighted by Crippen LogP contribution is -2.37. The molecule has 19 heavy (non-hydrogen) atoms. The topological polar surface area (TPSA) is 45.2 Å². The first-order valence-corrected chi connectivity index (χ1v) is 6.25. The van der Waals surface area contributed by atoms with Crippen molar-refractivity contribution in [1.82, 2.24) is 15.2 Å². The summed E-state index contributed by atoms with van der Waals surface area (Å²) in [5, 5.41) is 2.56. The number of aromatic nitrogens is 1. The van der Waals surface area contributed by atoms with E-state index in [2.05, 4.69) is 29.0 Å². The second-order valence-electron chi connectivity index (χ2n) is 4.46. The van der Waals surface area contributed by atoms with Gasteiger partial charge in [0.15, 0.2) is 5.82 Å². The number of hydrogen-bond acceptors (Lipinski definition) is 3. The number of likely N-dealkylation sites (N-methyl/N-ethyl adjacent to an activating group) is 1. The maximum absolute atomic E-state index is 13.3. The number of halogens is 2. The van der Waals surface area contributed by atoms with E-state index >= 15 is 0 Å². The summed E-state index contributed by atoms with van der Waals surface area (Å²) in [6.45, 7) is 5.19. The summed E-state index contributed by atoms with van der Waals surface area (Å²) in [6.07, 6.45) is 2.08. The molecule has 1 atom stereocenters. The van der Waals surface area contributed by atoms with Crippen LogP contribution < -0.4 is 5.32 Å². The van der Waals surface area contributed by atoms with E-state index in [1.807, 2.05) is 7.05 Å². The Bertz CT molecular complexity index is 440. The van der Waals surface area contributed by atoms with E-state index in [0.717, 1.165) is 18.7 Å². The van der Waals surface area contributed by atoms with E-state index in [1.54, 1.807) is 0 Å². The zero-order chi connectivity index (χ0) is 14.4. The van der Waals surface area contributed by atoms with Crippen molar-refractivity contribution in [3.63, 3.8) is 0 Å². The van der Waals surface area contributed by atoms with Crippen LogP contribution in [0.15, 0.2) is 12.3 Å². The van der Waals surface area contributed by atoms with Crippen LogP contribution in [0.3, 0.4) is 0 Å². The molecule has 1 heterocycles. The summed E-state index contributed by atoms with van der Waals surface area (Å²) in [4.78, 5) is 16.9. The van der Waals surface area contributed by atoms with Crippen LogP contribution in [0.5, 0.6) is 0 Å². The molecule has 1 rings (SSSR count). The number of amides is 1. The van der Waals surface area contributed by atoms with E-state index in [1.165, 1.54) is 0 Å². The molecule has 0 saturated heterocycles. The Kier molecular flexibility index (Phi) is 5.82. The first-order chi connectivity index (χ1) is 8.97. The second-order valence-corrected chi connectivity index (χ2v) is 4.46. The van der Waals surface area contributed by atoms with Gasteiger partial charge in [0, 0.05) is 25.3 Å². The summed E-state index contributed by atoms with van der Waals surface area (Å²) < 4.78 is 26.2. The summed E-state index contributed by atoms with van der Waals surface area (Å²) >= 11 is 0. The predicted octanol–water partition coefficient (Wildman–Crippen LogP) is 1.82. The van der Waals surface area contributed by atoms with E-state index in [-0.39, 0.29) is 5.56 Å². The number of carbonyl (C=O) groups excluding carboxylic acids is 1. The molecule has 1 aromatic heterocycles. The molecule has 1 aromatic rings. The molecule has 0 aliphatic rings. The number of carbonyl (C=O) groups is 1. The number of nitrogens with zero attached hydrogens (tertiary/aromatic N) is 2. The Morgan fingerprint density at radius 1 is 1.53 bits per heavy atom. The highest BCUT2D eigenvalue weighted by Gasteiger charge is 2.16. The Balaban J connectivity index is 2.50. The molecule has 106 valence electrons. The van der Waals surface area contributed by atoms with Gasteiger partial charge in [-0.25, -0.2) is 9.37 Å². The fourth-order valence-corrected chi connectivity index (χ4v) is 1.57. The van der Waals surface area contributed by atoms with Crippen LogP contribution >= 0.6 is 0 Å². The van der Waals surface area contributed by atoms with E-state index in [9.17, 15) is 13.6 Å². The fourth-order valence-electron chi connectivity index (χ4n) is 1.57. The minimum absolute atomic E-state index is 0.321. The van der Waals surface area contributed by atoms with Crippen LogP contribution in [-0.4, -0.2) is 42.0 Å². The lowest BCUT2D eigenvalue weighted by Gasteiger charge is -2.23. The van der Waals surface area contributed by atoms with Gasteiger partial charge in [-0.05, 0) is 26.5 Å². The van der Waals surface area contributed by atoms with Gasteiger partial charge in [-0.1, -0.05) is 6.92 Å². The third kappa shape index (κ3) is 4.24. The van der Waals surface area contributed by atoms with Crippen LogP contribution in [0.25, 0.3) is 0 Å². The number of nitrogens with one attached hydrogen (secondary N) is 1. The third-order valence-electron chi connectivity index (χ3n) is 3.18. The SMILES string of the molecule is CCC(C)N(C)CCNC(=O)c1ccnc(F)c1F. The van der Waals surface area contributed by atoms with Crippen molar-refractivity contribution in [2.75, 3.05) is 20.1 Å². The highest BCUT2D eigenvalue weighted by molar-refractivity contribution is 5.94. The van der Waals surface area contributed by atoms with Gasteiger partial charge in [0.2, 0.25) is 5.95 Å². The van der Waals surface area contributed by atoms with E-state index < -0.39 is 17.7 Å². The molecule has 1 unspecified atom stereocenters. The molecule has 6 heteroatoms. The summed E-state index contributed by atoms with van der Waals surface area (Å²) in [5.41, 5.74) is -0.321. The van der Waals surface area contributed by atoms with Gasteiger partial charge in [-0.2, -0.15) is 4.39 Å². The van der Waals surface area contributed by atoms with Crippen molar-refractivity contribution < 1.29 is 13.6 Å². The standard InChI is InChI=1S/C13H19F2N3O/c1-4-9(2)18(3)8-7-17-13(19)10-5-6-16-12(15)11(10)14/h5-6,9H,4,7-8H2,1-3H3,(H,17,19). The van der Waals surface area contributed by atoms with Crippen LogP contribution in [-0.2, 0) is 0 Å². The number of pyridine rings is 1. The van der Waals surface area contributed by atoms with Gasteiger partial charge in [0.05, 0.1) is 5.56 Å².